The van der Waals surface area contributed by atoms with Gasteiger partial charge < -0.3 is 24.1 Å². The van der Waals surface area contributed by atoms with E-state index in [0.29, 0.717) is 35.9 Å². The third-order valence-electron chi connectivity index (χ3n) is 7.06. The van der Waals surface area contributed by atoms with Crippen LogP contribution in [0.4, 0.5) is 0 Å². The van der Waals surface area contributed by atoms with Crippen LogP contribution in [0.2, 0.25) is 0 Å². The highest BCUT2D eigenvalue weighted by molar-refractivity contribution is 6.00. The molecule has 8 heteroatoms. The maximum Gasteiger partial charge on any atom is 0.338 e. The summed E-state index contributed by atoms with van der Waals surface area (Å²) in [4.78, 5) is 37.4. The molecule has 1 saturated carbocycles. The fourth-order valence-electron chi connectivity index (χ4n) is 5.03. The minimum Gasteiger partial charge on any atom is -0.496 e. The number of methoxy groups -OCH3 is 2. The quantitative estimate of drug-likeness (QED) is 0.271. The highest BCUT2D eigenvalue weighted by Crippen LogP contribution is 2.29. The number of fused-ring (bicyclic) bond motifs is 1. The number of esters is 2. The van der Waals surface area contributed by atoms with Crippen LogP contribution >= 0.6 is 0 Å². The summed E-state index contributed by atoms with van der Waals surface area (Å²) in [5.41, 5.74) is 2.84. The second-order valence-corrected chi connectivity index (χ2v) is 11.2. The molecule has 1 fully saturated rings. The number of aromatic nitrogens is 1. The summed E-state index contributed by atoms with van der Waals surface area (Å²) in [6.07, 6.45) is 9.77. The minimum atomic E-state index is -0.609. The van der Waals surface area contributed by atoms with E-state index in [0.717, 1.165) is 34.9 Å². The van der Waals surface area contributed by atoms with Gasteiger partial charge in [0.1, 0.15) is 11.4 Å². The molecule has 1 amide bonds. The van der Waals surface area contributed by atoms with E-state index in [1.165, 1.54) is 26.0 Å². The zero-order valence-corrected chi connectivity index (χ0v) is 23.9. The monoisotopic (exact) mass is 546 g/mol. The maximum absolute atomic E-state index is 13.0. The summed E-state index contributed by atoms with van der Waals surface area (Å²) in [6.45, 7) is 6.56. The van der Waals surface area contributed by atoms with Crippen molar-refractivity contribution >= 4 is 34.8 Å². The molecule has 212 valence electrons. The Bertz CT molecular complexity index is 1420. The second-order valence-electron chi connectivity index (χ2n) is 11.2. The molecule has 0 unspecified atom stereocenters. The highest BCUT2D eigenvalue weighted by atomic mass is 16.6. The number of hydrogen-bond acceptors (Lipinski definition) is 6. The van der Waals surface area contributed by atoms with Crippen molar-refractivity contribution in [2.45, 2.75) is 58.6 Å². The van der Waals surface area contributed by atoms with Crippen LogP contribution in [0.1, 0.15) is 78.3 Å². The molecule has 4 rings (SSSR count). The van der Waals surface area contributed by atoms with Crippen molar-refractivity contribution < 1.29 is 28.6 Å². The Balaban J connectivity index is 1.66. The summed E-state index contributed by atoms with van der Waals surface area (Å²) >= 11 is 0. The molecule has 2 aromatic carbocycles. The zero-order chi connectivity index (χ0) is 28.9. The van der Waals surface area contributed by atoms with Gasteiger partial charge in [0.05, 0.1) is 26.3 Å². The zero-order valence-electron chi connectivity index (χ0n) is 23.9. The van der Waals surface area contributed by atoms with Crippen LogP contribution in [-0.4, -0.2) is 48.8 Å². The lowest BCUT2D eigenvalue weighted by Crippen LogP contribution is -2.28. The Hall–Kier alpha value is -4.07. The minimum absolute atomic E-state index is 0.104. The van der Waals surface area contributed by atoms with Crippen LogP contribution < -0.4 is 10.1 Å². The molecule has 0 radical (unpaired) electrons. The van der Waals surface area contributed by atoms with E-state index in [1.807, 2.05) is 55.8 Å². The van der Waals surface area contributed by atoms with E-state index < -0.39 is 17.5 Å². The molecular weight excluding hydrogens is 508 g/mol. The van der Waals surface area contributed by atoms with Crippen molar-refractivity contribution in [3.63, 3.8) is 0 Å². The molecular formula is C32H38N2O6. The van der Waals surface area contributed by atoms with Gasteiger partial charge in [-0.25, -0.2) is 9.59 Å². The molecule has 1 aliphatic rings. The molecule has 3 aromatic rings. The van der Waals surface area contributed by atoms with Gasteiger partial charge in [-0.3, -0.25) is 4.79 Å². The van der Waals surface area contributed by atoms with Gasteiger partial charge in [-0.1, -0.05) is 25.0 Å². The van der Waals surface area contributed by atoms with Crippen molar-refractivity contribution in [3.8, 4) is 5.75 Å². The molecule has 1 aliphatic carbocycles. The normalized spacial score (nSPS) is 14.0. The van der Waals surface area contributed by atoms with Gasteiger partial charge in [0.25, 0.3) is 5.91 Å². The summed E-state index contributed by atoms with van der Waals surface area (Å²) in [5, 5.41) is 3.98. The van der Waals surface area contributed by atoms with Gasteiger partial charge in [-0.2, -0.15) is 0 Å². The molecule has 40 heavy (non-hydrogen) atoms. The third-order valence-corrected chi connectivity index (χ3v) is 7.06. The number of benzene rings is 2. The Morgan fingerprint density at radius 2 is 1.75 bits per heavy atom. The average molecular weight is 547 g/mol. The topological polar surface area (TPSA) is 95.9 Å². The SMILES string of the molecule is COC(=O)C=Cc1cn(Cc2ccc(C(=O)OC(C)(C)C)cc2OC)c2cc(C(=O)NCC3CCCC3)ccc12. The first-order chi connectivity index (χ1) is 19.1. The van der Waals surface area contributed by atoms with Crippen molar-refractivity contribution in [2.75, 3.05) is 20.8 Å². The second kappa shape index (κ2) is 12.4. The fraction of sp³-hybridized carbons (Fsp3) is 0.406. The number of carbonyl (C=O) groups is 3. The average Bonchev–Trinajstić information content (AvgIpc) is 3.57. The van der Waals surface area contributed by atoms with E-state index in [2.05, 4.69) is 5.32 Å². The summed E-state index contributed by atoms with van der Waals surface area (Å²) in [7, 11) is 2.89. The molecule has 0 aliphatic heterocycles. The first-order valence-electron chi connectivity index (χ1n) is 13.7. The van der Waals surface area contributed by atoms with E-state index in [9.17, 15) is 14.4 Å². The number of ether oxygens (including phenoxy) is 3. The Labute approximate surface area is 235 Å². The van der Waals surface area contributed by atoms with Gasteiger partial charge in [0, 0.05) is 46.4 Å². The molecule has 0 saturated heterocycles. The van der Waals surface area contributed by atoms with E-state index in [1.54, 1.807) is 25.3 Å². The number of rotatable bonds is 9. The van der Waals surface area contributed by atoms with Crippen LogP contribution in [0.5, 0.6) is 5.75 Å². The van der Waals surface area contributed by atoms with Crippen LogP contribution in [0.25, 0.3) is 17.0 Å². The van der Waals surface area contributed by atoms with Crippen LogP contribution in [0.15, 0.2) is 48.7 Å². The van der Waals surface area contributed by atoms with E-state index in [4.69, 9.17) is 14.2 Å². The summed E-state index contributed by atoms with van der Waals surface area (Å²) in [6, 6.07) is 10.8. The summed E-state index contributed by atoms with van der Waals surface area (Å²) in [5.74, 6) is 0.105. The predicted octanol–water partition coefficient (Wildman–Crippen LogP) is 5.76. The van der Waals surface area contributed by atoms with Gasteiger partial charge in [0.15, 0.2) is 0 Å². The first kappa shape index (κ1) is 28.9. The van der Waals surface area contributed by atoms with Crippen molar-refractivity contribution in [1.29, 1.82) is 0 Å². The lowest BCUT2D eigenvalue weighted by Gasteiger charge is -2.20. The van der Waals surface area contributed by atoms with Crippen molar-refractivity contribution in [2.24, 2.45) is 5.92 Å². The highest BCUT2D eigenvalue weighted by Gasteiger charge is 2.20. The number of nitrogens with one attached hydrogen (secondary N) is 1. The Morgan fingerprint density at radius 1 is 1.02 bits per heavy atom. The Kier molecular flexibility index (Phi) is 8.97. The van der Waals surface area contributed by atoms with Gasteiger partial charge in [-0.15, -0.1) is 0 Å². The van der Waals surface area contributed by atoms with E-state index >= 15 is 0 Å². The lowest BCUT2D eigenvalue weighted by atomic mass is 10.1. The largest absolute Gasteiger partial charge is 0.496 e. The maximum atomic E-state index is 13.0. The van der Waals surface area contributed by atoms with Crippen molar-refractivity contribution in [3.05, 3.63) is 70.9 Å². The smallest absolute Gasteiger partial charge is 0.338 e. The number of carbonyl (C=O) groups excluding carboxylic acids is 3. The van der Waals surface area contributed by atoms with Gasteiger partial charge >= 0.3 is 11.9 Å². The molecule has 0 atom stereocenters. The van der Waals surface area contributed by atoms with E-state index in [-0.39, 0.29) is 5.91 Å². The van der Waals surface area contributed by atoms with Gasteiger partial charge in [-0.05, 0) is 69.9 Å². The fourth-order valence-corrected chi connectivity index (χ4v) is 5.03. The molecule has 1 aromatic heterocycles. The molecule has 1 N–H and O–H groups in total. The number of amides is 1. The number of nitrogens with zero attached hydrogens (tertiary/aromatic N) is 1. The number of hydrogen-bond donors (Lipinski definition) is 1. The van der Waals surface area contributed by atoms with Crippen LogP contribution in [-0.2, 0) is 20.8 Å². The molecule has 1 heterocycles. The summed E-state index contributed by atoms with van der Waals surface area (Å²) < 4.78 is 17.9. The van der Waals surface area contributed by atoms with Crippen LogP contribution in [0.3, 0.4) is 0 Å². The van der Waals surface area contributed by atoms with Crippen molar-refractivity contribution in [1.82, 2.24) is 9.88 Å². The molecule has 0 bridgehead atoms. The molecule has 0 spiro atoms. The first-order valence-corrected chi connectivity index (χ1v) is 13.7. The Morgan fingerprint density at radius 3 is 2.42 bits per heavy atom. The lowest BCUT2D eigenvalue weighted by molar-refractivity contribution is -0.134. The standard InChI is InChI=1S/C32H38N2O6/c1-32(2,3)40-31(37)23-10-11-25(28(17-23)38-4)20-34-19-24(13-15-29(35)39-5)26-14-12-22(16-27(26)34)30(36)33-18-21-8-6-7-9-21/h10-17,19,21H,6-9,18,20H2,1-5H3,(H,33,36). The van der Waals surface area contributed by atoms with Gasteiger partial charge in [0.2, 0.25) is 0 Å². The molecule has 8 nitrogen and oxygen atoms in total. The predicted molar refractivity (Wildman–Crippen MR) is 155 cm³/mol. The third kappa shape index (κ3) is 7.11. The van der Waals surface area contributed by atoms with Crippen LogP contribution in [0, 0.1) is 5.92 Å².